The molecule has 1 heterocycles. The highest BCUT2D eigenvalue weighted by atomic mass is 16.6. The molecular weight excluding hydrogens is 142 g/mol. The van der Waals surface area contributed by atoms with E-state index in [9.17, 15) is 0 Å². The van der Waals surface area contributed by atoms with Crippen molar-refractivity contribution >= 4 is 5.82 Å². The Morgan fingerprint density at radius 2 is 1.91 bits per heavy atom. The molecule has 0 fully saturated rings. The lowest BCUT2D eigenvalue weighted by molar-refractivity contribution is 0.300. The monoisotopic (exact) mass is 155 g/mol. The Labute approximate surface area is 65.7 Å². The highest BCUT2D eigenvalue weighted by Gasteiger charge is 2.17. The Bertz CT molecular complexity index is 231. The topological polar surface area (TPSA) is 64.9 Å². The summed E-state index contributed by atoms with van der Waals surface area (Å²) in [6.45, 7) is 6.28. The maximum absolute atomic E-state index is 5.51. The largest absolute Gasteiger partial charge is 0.379 e. The number of hydrogen-bond donors (Lipinski definition) is 1. The number of aromatic nitrogens is 2. The first kappa shape index (κ1) is 8.04. The van der Waals surface area contributed by atoms with Crippen molar-refractivity contribution in [3.63, 3.8) is 0 Å². The molecule has 1 rings (SSSR count). The second-order valence-electron chi connectivity index (χ2n) is 3.07. The van der Waals surface area contributed by atoms with Crippen molar-refractivity contribution in [2.75, 3.05) is 5.73 Å². The van der Waals surface area contributed by atoms with E-state index in [1.807, 2.05) is 0 Å². The van der Waals surface area contributed by atoms with Crippen LogP contribution in [0.3, 0.4) is 0 Å². The molecule has 1 aromatic rings. The summed E-state index contributed by atoms with van der Waals surface area (Å²) < 4.78 is 4.49. The first-order chi connectivity index (χ1) is 5.13. The SMILES string of the molecule is CC(C)C(C)c1nonc1N. The van der Waals surface area contributed by atoms with Crippen LogP contribution < -0.4 is 5.73 Å². The van der Waals surface area contributed by atoms with Crippen LogP contribution in [0.2, 0.25) is 0 Å². The highest BCUT2D eigenvalue weighted by molar-refractivity contribution is 5.33. The summed E-state index contributed by atoms with van der Waals surface area (Å²) in [5.41, 5.74) is 6.28. The fourth-order valence-electron chi connectivity index (χ4n) is 0.834. The van der Waals surface area contributed by atoms with Crippen LogP contribution in [0.25, 0.3) is 0 Å². The van der Waals surface area contributed by atoms with Crippen LogP contribution in [0.4, 0.5) is 5.82 Å². The molecule has 0 aliphatic carbocycles. The first-order valence-corrected chi connectivity index (χ1v) is 3.71. The van der Waals surface area contributed by atoms with Crippen LogP contribution in [0, 0.1) is 5.92 Å². The van der Waals surface area contributed by atoms with Crippen LogP contribution in [0.15, 0.2) is 4.63 Å². The van der Waals surface area contributed by atoms with Gasteiger partial charge in [-0.3, -0.25) is 0 Å². The summed E-state index contributed by atoms with van der Waals surface area (Å²) >= 11 is 0. The quantitative estimate of drug-likeness (QED) is 0.701. The normalized spacial score (nSPS) is 13.8. The van der Waals surface area contributed by atoms with Gasteiger partial charge >= 0.3 is 0 Å². The summed E-state index contributed by atoms with van der Waals surface area (Å²) in [7, 11) is 0. The zero-order chi connectivity index (χ0) is 8.43. The molecule has 11 heavy (non-hydrogen) atoms. The highest BCUT2D eigenvalue weighted by Crippen LogP contribution is 2.24. The lowest BCUT2D eigenvalue weighted by Crippen LogP contribution is -2.05. The number of nitrogens with zero attached hydrogens (tertiary/aromatic N) is 2. The number of nitrogens with two attached hydrogens (primary N) is 1. The van der Waals surface area contributed by atoms with E-state index in [-0.39, 0.29) is 0 Å². The molecule has 2 N–H and O–H groups in total. The first-order valence-electron chi connectivity index (χ1n) is 3.71. The van der Waals surface area contributed by atoms with E-state index in [0.29, 0.717) is 17.7 Å². The van der Waals surface area contributed by atoms with Crippen molar-refractivity contribution in [1.82, 2.24) is 10.3 Å². The maximum Gasteiger partial charge on any atom is 0.191 e. The molecule has 0 aromatic carbocycles. The standard InChI is InChI=1S/C7H13N3O/c1-4(2)5(3)6-7(8)10-11-9-6/h4-5H,1-3H3,(H2,8,10). The third-order valence-corrected chi connectivity index (χ3v) is 1.97. The third kappa shape index (κ3) is 1.50. The summed E-state index contributed by atoms with van der Waals surface area (Å²) in [5, 5.41) is 7.24. The van der Waals surface area contributed by atoms with Crippen molar-refractivity contribution in [3.8, 4) is 0 Å². The molecule has 0 bridgehead atoms. The Morgan fingerprint density at radius 3 is 2.27 bits per heavy atom. The maximum atomic E-state index is 5.51. The van der Waals surface area contributed by atoms with Gasteiger partial charge in [0.05, 0.1) is 0 Å². The molecule has 0 aliphatic heterocycles. The van der Waals surface area contributed by atoms with E-state index in [1.54, 1.807) is 0 Å². The molecule has 1 aromatic heterocycles. The van der Waals surface area contributed by atoms with Gasteiger partial charge in [-0.1, -0.05) is 25.9 Å². The Morgan fingerprint density at radius 1 is 1.27 bits per heavy atom. The molecular formula is C7H13N3O. The minimum Gasteiger partial charge on any atom is -0.379 e. The summed E-state index contributed by atoms with van der Waals surface area (Å²) in [6.07, 6.45) is 0. The summed E-state index contributed by atoms with van der Waals surface area (Å²) in [4.78, 5) is 0. The molecule has 4 heteroatoms. The van der Waals surface area contributed by atoms with Crippen LogP contribution in [0.1, 0.15) is 32.4 Å². The fraction of sp³-hybridized carbons (Fsp3) is 0.714. The van der Waals surface area contributed by atoms with E-state index in [2.05, 4.69) is 35.7 Å². The van der Waals surface area contributed by atoms with Gasteiger partial charge in [0, 0.05) is 5.92 Å². The lowest BCUT2D eigenvalue weighted by Gasteiger charge is -2.10. The van der Waals surface area contributed by atoms with Gasteiger partial charge in [-0.25, -0.2) is 4.63 Å². The molecule has 0 aliphatic rings. The van der Waals surface area contributed by atoms with E-state index in [0.717, 1.165) is 5.69 Å². The van der Waals surface area contributed by atoms with E-state index < -0.39 is 0 Å². The molecule has 0 radical (unpaired) electrons. The summed E-state index contributed by atoms with van der Waals surface area (Å²) in [5.74, 6) is 1.22. The second kappa shape index (κ2) is 2.90. The van der Waals surface area contributed by atoms with E-state index in [4.69, 9.17) is 5.73 Å². The van der Waals surface area contributed by atoms with Gasteiger partial charge in [0.25, 0.3) is 0 Å². The molecule has 1 atom stereocenters. The van der Waals surface area contributed by atoms with Crippen molar-refractivity contribution in [3.05, 3.63) is 5.69 Å². The fourth-order valence-corrected chi connectivity index (χ4v) is 0.834. The van der Waals surface area contributed by atoms with Crippen molar-refractivity contribution in [1.29, 1.82) is 0 Å². The minimum absolute atomic E-state index is 0.307. The zero-order valence-electron chi connectivity index (χ0n) is 7.03. The lowest BCUT2D eigenvalue weighted by atomic mass is 9.95. The Balaban J connectivity index is 2.84. The molecule has 4 nitrogen and oxygen atoms in total. The second-order valence-corrected chi connectivity index (χ2v) is 3.07. The molecule has 1 unspecified atom stereocenters. The number of anilines is 1. The van der Waals surface area contributed by atoms with Crippen LogP contribution in [-0.4, -0.2) is 10.3 Å². The smallest absolute Gasteiger partial charge is 0.191 e. The third-order valence-electron chi connectivity index (χ3n) is 1.97. The van der Waals surface area contributed by atoms with Gasteiger partial charge in [-0.15, -0.1) is 0 Å². The average Bonchev–Trinajstić information content (AvgIpc) is 2.33. The van der Waals surface area contributed by atoms with Gasteiger partial charge in [0.15, 0.2) is 5.82 Å². The van der Waals surface area contributed by atoms with Crippen LogP contribution in [0.5, 0.6) is 0 Å². The zero-order valence-corrected chi connectivity index (χ0v) is 7.03. The molecule has 62 valence electrons. The van der Waals surface area contributed by atoms with Gasteiger partial charge in [0.2, 0.25) is 0 Å². The predicted molar refractivity (Wildman–Crippen MR) is 42.0 cm³/mol. The van der Waals surface area contributed by atoms with Gasteiger partial charge < -0.3 is 5.73 Å². The number of hydrogen-bond acceptors (Lipinski definition) is 4. The average molecular weight is 155 g/mol. The molecule has 0 saturated heterocycles. The van der Waals surface area contributed by atoms with Crippen LogP contribution >= 0.6 is 0 Å². The molecule has 0 saturated carbocycles. The molecule has 0 amide bonds. The van der Waals surface area contributed by atoms with Gasteiger partial charge in [0.1, 0.15) is 5.69 Å². The van der Waals surface area contributed by atoms with Crippen molar-refractivity contribution < 1.29 is 4.63 Å². The number of nitrogen functional groups attached to an aromatic ring is 1. The van der Waals surface area contributed by atoms with Crippen molar-refractivity contribution in [2.45, 2.75) is 26.7 Å². The Kier molecular flexibility index (Phi) is 2.12. The number of rotatable bonds is 2. The van der Waals surface area contributed by atoms with Crippen LogP contribution in [-0.2, 0) is 0 Å². The predicted octanol–water partition coefficient (Wildman–Crippen LogP) is 1.41. The summed E-state index contributed by atoms with van der Waals surface area (Å²) in [6, 6.07) is 0. The van der Waals surface area contributed by atoms with Gasteiger partial charge in [-0.05, 0) is 11.1 Å². The van der Waals surface area contributed by atoms with E-state index in [1.165, 1.54) is 0 Å². The van der Waals surface area contributed by atoms with Crippen molar-refractivity contribution in [2.24, 2.45) is 5.92 Å². The van der Waals surface area contributed by atoms with Gasteiger partial charge in [-0.2, -0.15) is 0 Å². The minimum atomic E-state index is 0.307. The Hall–Kier alpha value is -1.06. The molecule has 0 spiro atoms. The van der Waals surface area contributed by atoms with E-state index >= 15 is 0 Å².